The maximum atomic E-state index is 12.9. The summed E-state index contributed by atoms with van der Waals surface area (Å²) in [5, 5.41) is 4.00. The molecule has 0 saturated heterocycles. The molecule has 0 aliphatic carbocycles. The van der Waals surface area contributed by atoms with Crippen molar-refractivity contribution in [3.63, 3.8) is 0 Å². The lowest BCUT2D eigenvalue weighted by Gasteiger charge is -2.19. The van der Waals surface area contributed by atoms with Crippen molar-refractivity contribution in [2.24, 2.45) is 0 Å². The van der Waals surface area contributed by atoms with E-state index in [0.717, 1.165) is 10.7 Å². The summed E-state index contributed by atoms with van der Waals surface area (Å²) in [6, 6.07) is 13.2. The van der Waals surface area contributed by atoms with Crippen LogP contribution in [0.5, 0.6) is 17.2 Å². The van der Waals surface area contributed by atoms with Crippen molar-refractivity contribution < 1.29 is 31.6 Å². The SMILES string of the molecule is CCOC(=O)c1nn(-c2ccccc2)c(=O)cc1OS(=O)(=O)c1ccc2c(c1)OCCO2. The molecule has 0 spiro atoms. The first-order valence-corrected chi connectivity index (χ1v) is 11.0. The van der Waals surface area contributed by atoms with Crippen molar-refractivity contribution in [1.82, 2.24) is 9.78 Å². The van der Waals surface area contributed by atoms with Crippen LogP contribution >= 0.6 is 0 Å². The van der Waals surface area contributed by atoms with E-state index >= 15 is 0 Å². The van der Waals surface area contributed by atoms with Gasteiger partial charge in [0.15, 0.2) is 17.2 Å². The monoisotopic (exact) mass is 458 g/mol. The number of carbonyl (C=O) groups excluding carboxylic acids is 1. The van der Waals surface area contributed by atoms with Crippen LogP contribution in [0.2, 0.25) is 0 Å². The minimum Gasteiger partial charge on any atom is -0.486 e. The van der Waals surface area contributed by atoms with E-state index in [1.807, 2.05) is 0 Å². The Morgan fingerprint density at radius 1 is 1.06 bits per heavy atom. The lowest BCUT2D eigenvalue weighted by molar-refractivity contribution is 0.0515. The lowest BCUT2D eigenvalue weighted by atomic mass is 10.3. The number of rotatable bonds is 6. The zero-order chi connectivity index (χ0) is 22.7. The van der Waals surface area contributed by atoms with Crippen LogP contribution < -0.4 is 19.2 Å². The molecule has 1 aliphatic heterocycles. The maximum Gasteiger partial charge on any atom is 0.362 e. The smallest absolute Gasteiger partial charge is 0.362 e. The Hall–Kier alpha value is -3.86. The molecule has 2 heterocycles. The third-order valence-corrected chi connectivity index (χ3v) is 5.60. The van der Waals surface area contributed by atoms with E-state index in [1.54, 1.807) is 37.3 Å². The number of esters is 1. The van der Waals surface area contributed by atoms with Gasteiger partial charge in [-0.15, -0.1) is 0 Å². The molecule has 0 atom stereocenters. The highest BCUT2D eigenvalue weighted by Crippen LogP contribution is 2.33. The quantitative estimate of drug-likeness (QED) is 0.403. The van der Waals surface area contributed by atoms with E-state index in [-0.39, 0.29) is 23.9 Å². The summed E-state index contributed by atoms with van der Waals surface area (Å²) < 4.78 is 47.6. The van der Waals surface area contributed by atoms with E-state index < -0.39 is 33.1 Å². The molecule has 1 aromatic heterocycles. The Balaban J connectivity index is 1.76. The van der Waals surface area contributed by atoms with E-state index in [9.17, 15) is 18.0 Å². The van der Waals surface area contributed by atoms with Crippen molar-refractivity contribution >= 4 is 16.1 Å². The van der Waals surface area contributed by atoms with E-state index in [2.05, 4.69) is 5.10 Å². The van der Waals surface area contributed by atoms with Crippen LogP contribution in [-0.2, 0) is 14.9 Å². The first kappa shape index (κ1) is 21.4. The fourth-order valence-electron chi connectivity index (χ4n) is 2.94. The van der Waals surface area contributed by atoms with E-state index in [0.29, 0.717) is 18.0 Å². The van der Waals surface area contributed by atoms with Crippen LogP contribution in [0.4, 0.5) is 0 Å². The number of aromatic nitrogens is 2. The van der Waals surface area contributed by atoms with E-state index in [4.69, 9.17) is 18.4 Å². The summed E-state index contributed by atoms with van der Waals surface area (Å²) in [4.78, 5) is 24.8. The maximum absolute atomic E-state index is 12.9. The Morgan fingerprint density at radius 2 is 1.78 bits per heavy atom. The highest BCUT2D eigenvalue weighted by molar-refractivity contribution is 7.87. The summed E-state index contributed by atoms with van der Waals surface area (Å²) in [7, 11) is -4.44. The number of para-hydroxylation sites is 1. The summed E-state index contributed by atoms with van der Waals surface area (Å²) in [6.07, 6.45) is 0. The molecular weight excluding hydrogens is 440 g/mol. The average molecular weight is 458 g/mol. The van der Waals surface area contributed by atoms with Gasteiger partial charge in [0.2, 0.25) is 5.69 Å². The van der Waals surface area contributed by atoms with Gasteiger partial charge in [-0.1, -0.05) is 18.2 Å². The predicted molar refractivity (Wildman–Crippen MR) is 111 cm³/mol. The van der Waals surface area contributed by atoms with Gasteiger partial charge in [0.05, 0.1) is 18.4 Å². The van der Waals surface area contributed by atoms with Gasteiger partial charge >= 0.3 is 16.1 Å². The zero-order valence-electron chi connectivity index (χ0n) is 16.9. The second-order valence-corrected chi connectivity index (χ2v) is 8.05. The molecule has 0 unspecified atom stereocenters. The lowest BCUT2D eigenvalue weighted by Crippen LogP contribution is -2.26. The first-order chi connectivity index (χ1) is 15.4. The second-order valence-electron chi connectivity index (χ2n) is 6.51. The molecule has 0 N–H and O–H groups in total. The molecule has 0 amide bonds. The van der Waals surface area contributed by atoms with Gasteiger partial charge in [-0.3, -0.25) is 4.79 Å². The van der Waals surface area contributed by atoms with Crippen LogP contribution in [-0.4, -0.2) is 44.0 Å². The van der Waals surface area contributed by atoms with Crippen LogP contribution in [0, 0.1) is 0 Å². The summed E-state index contributed by atoms with van der Waals surface area (Å²) in [5.41, 5.74) is -0.780. The summed E-state index contributed by atoms with van der Waals surface area (Å²) in [6.45, 7) is 2.21. The minimum atomic E-state index is -4.44. The molecule has 0 saturated carbocycles. The molecule has 0 radical (unpaired) electrons. The van der Waals surface area contributed by atoms with Crippen molar-refractivity contribution in [2.45, 2.75) is 11.8 Å². The minimum absolute atomic E-state index is 0.0132. The number of benzene rings is 2. The second kappa shape index (κ2) is 8.71. The van der Waals surface area contributed by atoms with Gasteiger partial charge in [0.25, 0.3) is 5.56 Å². The number of ether oxygens (including phenoxy) is 3. The molecule has 0 bridgehead atoms. The standard InChI is InChI=1S/C21H18N2O8S/c1-2-28-21(25)20-18(13-19(24)23(22-20)14-6-4-3-5-7-14)31-32(26,27)15-8-9-16-17(12-15)30-11-10-29-16/h3-9,12-13H,2,10-11H2,1H3. The molecule has 0 fully saturated rings. The third kappa shape index (κ3) is 4.28. The number of carbonyl (C=O) groups is 1. The number of fused-ring (bicyclic) bond motifs is 1. The molecular formula is C21H18N2O8S. The number of hydrogen-bond acceptors (Lipinski definition) is 9. The predicted octanol–water partition coefficient (Wildman–Crippen LogP) is 1.95. The zero-order valence-corrected chi connectivity index (χ0v) is 17.7. The van der Waals surface area contributed by atoms with Gasteiger partial charge in [-0.2, -0.15) is 18.2 Å². The van der Waals surface area contributed by atoms with Crippen LogP contribution in [0.1, 0.15) is 17.4 Å². The van der Waals surface area contributed by atoms with Crippen molar-refractivity contribution in [1.29, 1.82) is 0 Å². The van der Waals surface area contributed by atoms with E-state index in [1.165, 1.54) is 18.2 Å². The Labute approximate surface area is 183 Å². The van der Waals surface area contributed by atoms with Crippen LogP contribution in [0.25, 0.3) is 5.69 Å². The van der Waals surface area contributed by atoms with Crippen LogP contribution in [0.15, 0.2) is 64.3 Å². The Morgan fingerprint density at radius 3 is 2.50 bits per heavy atom. The molecule has 4 rings (SSSR count). The molecule has 10 nitrogen and oxygen atoms in total. The summed E-state index contributed by atoms with van der Waals surface area (Å²) in [5.74, 6) is -0.848. The van der Waals surface area contributed by atoms with Gasteiger partial charge in [-0.05, 0) is 31.2 Å². The third-order valence-electron chi connectivity index (χ3n) is 4.37. The topological polar surface area (TPSA) is 123 Å². The Kier molecular flexibility index (Phi) is 5.82. The molecule has 2 aromatic carbocycles. The van der Waals surface area contributed by atoms with Gasteiger partial charge in [0, 0.05) is 6.07 Å². The summed E-state index contributed by atoms with van der Waals surface area (Å²) >= 11 is 0. The highest BCUT2D eigenvalue weighted by Gasteiger charge is 2.27. The molecule has 32 heavy (non-hydrogen) atoms. The fourth-order valence-corrected chi connectivity index (χ4v) is 3.89. The molecule has 1 aliphatic rings. The van der Waals surface area contributed by atoms with Crippen molar-refractivity contribution in [3.8, 4) is 22.9 Å². The highest BCUT2D eigenvalue weighted by atomic mass is 32.2. The van der Waals surface area contributed by atoms with Crippen molar-refractivity contribution in [3.05, 3.63) is 70.6 Å². The van der Waals surface area contributed by atoms with Crippen molar-refractivity contribution in [2.75, 3.05) is 19.8 Å². The normalized spacial score (nSPS) is 12.8. The Bertz CT molecular complexity index is 1320. The number of nitrogens with zero attached hydrogens (tertiary/aromatic N) is 2. The van der Waals surface area contributed by atoms with Gasteiger partial charge < -0.3 is 18.4 Å². The van der Waals surface area contributed by atoms with Gasteiger partial charge in [0.1, 0.15) is 18.1 Å². The number of hydrogen-bond donors (Lipinski definition) is 0. The largest absolute Gasteiger partial charge is 0.486 e. The molecule has 11 heteroatoms. The molecule has 166 valence electrons. The molecule has 3 aromatic rings. The fraction of sp³-hybridized carbons (Fsp3) is 0.190. The van der Waals surface area contributed by atoms with Crippen LogP contribution in [0.3, 0.4) is 0 Å². The first-order valence-electron chi connectivity index (χ1n) is 9.60. The van der Waals surface area contributed by atoms with Gasteiger partial charge in [-0.25, -0.2) is 4.79 Å². The average Bonchev–Trinajstić information content (AvgIpc) is 2.79.